The fourth-order valence-corrected chi connectivity index (χ4v) is 1.19. The van der Waals surface area contributed by atoms with Gasteiger partial charge in [-0.15, -0.1) is 0 Å². The summed E-state index contributed by atoms with van der Waals surface area (Å²) in [5.74, 6) is -0.207. The molecule has 15 heavy (non-hydrogen) atoms. The van der Waals surface area contributed by atoms with Crippen molar-refractivity contribution in [1.82, 2.24) is 0 Å². The molecule has 2 N–H and O–H groups in total. The van der Waals surface area contributed by atoms with E-state index in [1.54, 1.807) is 31.3 Å². The lowest BCUT2D eigenvalue weighted by molar-refractivity contribution is -0.116. The van der Waals surface area contributed by atoms with Crippen molar-refractivity contribution < 1.29 is 9.59 Å². The van der Waals surface area contributed by atoms with Gasteiger partial charge in [-0.05, 0) is 12.1 Å². The summed E-state index contributed by atoms with van der Waals surface area (Å²) in [5, 5.41) is 0. The van der Waals surface area contributed by atoms with Crippen LogP contribution in [0.2, 0.25) is 0 Å². The lowest BCUT2D eigenvalue weighted by Crippen LogP contribution is -2.23. The molecule has 1 amide bonds. The highest BCUT2D eigenvalue weighted by molar-refractivity contribution is 5.99. The minimum Gasteiger partial charge on any atom is -0.324 e. The van der Waals surface area contributed by atoms with Gasteiger partial charge in [-0.3, -0.25) is 9.59 Å². The quantitative estimate of drug-likeness (QED) is 0.744. The van der Waals surface area contributed by atoms with Crippen molar-refractivity contribution in [2.75, 3.05) is 18.5 Å². The van der Waals surface area contributed by atoms with Crippen LogP contribution in [0.5, 0.6) is 0 Å². The molecule has 1 rings (SSSR count). The van der Waals surface area contributed by atoms with E-state index in [0.29, 0.717) is 11.3 Å². The number of benzene rings is 1. The lowest BCUT2D eigenvalue weighted by atomic mass is 10.1. The number of nitrogens with two attached hydrogens (primary N) is 1. The summed E-state index contributed by atoms with van der Waals surface area (Å²) in [7, 11) is 1.66. The van der Waals surface area contributed by atoms with Gasteiger partial charge in [0.25, 0.3) is 0 Å². The summed E-state index contributed by atoms with van der Waals surface area (Å²) in [5.41, 5.74) is 6.49. The summed E-state index contributed by atoms with van der Waals surface area (Å²) in [6.07, 6.45) is 0. The average Bonchev–Trinajstić information content (AvgIpc) is 2.27. The van der Waals surface area contributed by atoms with Gasteiger partial charge < -0.3 is 10.6 Å². The molecule has 0 bridgehead atoms. The summed E-state index contributed by atoms with van der Waals surface area (Å²) in [4.78, 5) is 23.9. The predicted octanol–water partition coefficient (Wildman–Crippen LogP) is 0.811. The predicted molar refractivity (Wildman–Crippen MR) is 58.9 cm³/mol. The van der Waals surface area contributed by atoms with Gasteiger partial charge in [-0.25, -0.2) is 0 Å². The first-order chi connectivity index (χ1) is 7.06. The number of carbonyl (C=O) groups is 2. The molecule has 0 heterocycles. The van der Waals surface area contributed by atoms with E-state index >= 15 is 0 Å². The minimum atomic E-state index is -0.131. The highest BCUT2D eigenvalue weighted by atomic mass is 16.2. The molecule has 0 aliphatic rings. The van der Waals surface area contributed by atoms with Crippen LogP contribution < -0.4 is 10.6 Å². The van der Waals surface area contributed by atoms with Crippen molar-refractivity contribution in [1.29, 1.82) is 0 Å². The molecule has 0 aliphatic heterocycles. The Labute approximate surface area is 88.7 Å². The molecule has 0 unspecified atom stereocenters. The summed E-state index contributed by atoms with van der Waals surface area (Å²) >= 11 is 0. The molecule has 1 aromatic rings. The number of hydrogen-bond acceptors (Lipinski definition) is 3. The highest BCUT2D eigenvalue weighted by Gasteiger charge is 2.08. The van der Waals surface area contributed by atoms with Crippen LogP contribution in [-0.2, 0) is 4.79 Å². The Morgan fingerprint density at radius 2 is 2.07 bits per heavy atom. The second kappa shape index (κ2) is 4.70. The Morgan fingerprint density at radius 1 is 1.40 bits per heavy atom. The third kappa shape index (κ3) is 2.63. The first-order valence-corrected chi connectivity index (χ1v) is 4.64. The third-order valence-corrected chi connectivity index (χ3v) is 2.21. The topological polar surface area (TPSA) is 63.4 Å². The number of carbonyl (C=O) groups excluding carboxylic acids is 2. The Morgan fingerprint density at radius 3 is 2.60 bits per heavy atom. The molecule has 0 saturated carbocycles. The number of Topliss-reactive ketones (excluding diaryl/α,β-unsaturated/α-hetero) is 1. The fraction of sp³-hybridized carbons (Fsp3) is 0.273. The number of amides is 1. The largest absolute Gasteiger partial charge is 0.324 e. The third-order valence-electron chi connectivity index (χ3n) is 2.21. The van der Waals surface area contributed by atoms with Gasteiger partial charge in [-0.1, -0.05) is 12.1 Å². The molecular weight excluding hydrogens is 192 g/mol. The van der Waals surface area contributed by atoms with Crippen molar-refractivity contribution in [3.63, 3.8) is 0 Å². The van der Waals surface area contributed by atoms with Gasteiger partial charge in [0.05, 0.1) is 6.54 Å². The van der Waals surface area contributed by atoms with Crippen LogP contribution >= 0.6 is 0 Å². The smallest absolute Gasteiger partial charge is 0.223 e. The Balaban J connectivity index is 3.02. The van der Waals surface area contributed by atoms with E-state index in [4.69, 9.17) is 5.73 Å². The fourth-order valence-electron chi connectivity index (χ4n) is 1.19. The van der Waals surface area contributed by atoms with Gasteiger partial charge in [0.2, 0.25) is 5.91 Å². The van der Waals surface area contributed by atoms with Crippen LogP contribution in [0, 0.1) is 0 Å². The van der Waals surface area contributed by atoms with Crippen molar-refractivity contribution in [2.24, 2.45) is 5.73 Å². The van der Waals surface area contributed by atoms with Crippen molar-refractivity contribution in [3.8, 4) is 0 Å². The second-order valence-corrected chi connectivity index (χ2v) is 3.26. The van der Waals surface area contributed by atoms with Gasteiger partial charge in [0.1, 0.15) is 0 Å². The monoisotopic (exact) mass is 206 g/mol. The lowest BCUT2D eigenvalue weighted by Gasteiger charge is -2.15. The second-order valence-electron chi connectivity index (χ2n) is 3.26. The molecule has 0 atom stereocenters. The number of hydrogen-bond donors (Lipinski definition) is 1. The maximum absolute atomic E-state index is 11.3. The molecule has 0 radical (unpaired) electrons. The summed E-state index contributed by atoms with van der Waals surface area (Å²) in [6.45, 7) is 1.45. The van der Waals surface area contributed by atoms with E-state index in [-0.39, 0.29) is 18.2 Å². The van der Waals surface area contributed by atoms with E-state index in [9.17, 15) is 9.59 Å². The van der Waals surface area contributed by atoms with Crippen LogP contribution in [0.25, 0.3) is 0 Å². The maximum Gasteiger partial charge on any atom is 0.223 e. The Kier molecular flexibility index (Phi) is 3.57. The molecule has 80 valence electrons. The van der Waals surface area contributed by atoms with E-state index in [2.05, 4.69) is 0 Å². The SMILES string of the molecule is CC(=O)N(C)c1cccc(C(=O)CN)c1. The first kappa shape index (κ1) is 11.4. The molecule has 4 heteroatoms. The molecule has 0 spiro atoms. The zero-order chi connectivity index (χ0) is 11.4. The van der Waals surface area contributed by atoms with Gasteiger partial charge in [-0.2, -0.15) is 0 Å². The molecule has 0 fully saturated rings. The van der Waals surface area contributed by atoms with Crippen LogP contribution in [0.15, 0.2) is 24.3 Å². The van der Waals surface area contributed by atoms with Gasteiger partial charge in [0.15, 0.2) is 5.78 Å². The molecule has 4 nitrogen and oxygen atoms in total. The standard InChI is InChI=1S/C11H14N2O2/c1-8(14)13(2)10-5-3-4-9(6-10)11(15)7-12/h3-6H,7,12H2,1-2H3. The number of anilines is 1. The van der Waals surface area contributed by atoms with Crippen molar-refractivity contribution in [3.05, 3.63) is 29.8 Å². The summed E-state index contributed by atoms with van der Waals surface area (Å²) < 4.78 is 0. The molecule has 0 aliphatic carbocycles. The zero-order valence-electron chi connectivity index (χ0n) is 8.86. The average molecular weight is 206 g/mol. The van der Waals surface area contributed by atoms with Crippen molar-refractivity contribution >= 4 is 17.4 Å². The van der Waals surface area contributed by atoms with Gasteiger partial charge >= 0.3 is 0 Å². The minimum absolute atomic E-state index is 0.0206. The Bertz CT molecular complexity index is 388. The number of ketones is 1. The molecule has 0 aromatic heterocycles. The number of rotatable bonds is 3. The van der Waals surface area contributed by atoms with Crippen LogP contribution in [-0.4, -0.2) is 25.3 Å². The van der Waals surface area contributed by atoms with E-state index in [0.717, 1.165) is 0 Å². The van der Waals surface area contributed by atoms with Crippen molar-refractivity contribution in [2.45, 2.75) is 6.92 Å². The molecule has 0 saturated heterocycles. The van der Waals surface area contributed by atoms with E-state index in [1.807, 2.05) is 0 Å². The van der Waals surface area contributed by atoms with Gasteiger partial charge in [0, 0.05) is 25.2 Å². The normalized spacial score (nSPS) is 9.80. The maximum atomic E-state index is 11.3. The summed E-state index contributed by atoms with van der Waals surface area (Å²) in [6, 6.07) is 6.86. The molecular formula is C11H14N2O2. The van der Waals surface area contributed by atoms with E-state index < -0.39 is 0 Å². The zero-order valence-corrected chi connectivity index (χ0v) is 8.86. The van der Waals surface area contributed by atoms with Crippen LogP contribution in [0.3, 0.4) is 0 Å². The van der Waals surface area contributed by atoms with Crippen LogP contribution in [0.1, 0.15) is 17.3 Å². The molecule has 1 aromatic carbocycles. The van der Waals surface area contributed by atoms with E-state index in [1.165, 1.54) is 11.8 Å². The highest BCUT2D eigenvalue weighted by Crippen LogP contribution is 2.15. The Hall–Kier alpha value is -1.68. The van der Waals surface area contributed by atoms with Crippen LogP contribution in [0.4, 0.5) is 5.69 Å². The first-order valence-electron chi connectivity index (χ1n) is 4.64. The number of nitrogens with zero attached hydrogens (tertiary/aromatic N) is 1.